The standard InChI is InChI=1S/C27H20N2O3/c1-17-16-19(12-15-21(17)22-6-2-3-7-23(22)27(31)32)29-25-9-5-4-8-24(25)28-26(29)18-10-13-20(30)14-11-18/h2-16,30H,1H3,(H,31,32). The lowest BCUT2D eigenvalue weighted by Gasteiger charge is -2.14. The van der Waals surface area contributed by atoms with Gasteiger partial charge in [0, 0.05) is 11.3 Å². The molecular weight excluding hydrogens is 400 g/mol. The van der Waals surface area contributed by atoms with Gasteiger partial charge < -0.3 is 10.2 Å². The highest BCUT2D eigenvalue weighted by molar-refractivity contribution is 5.96. The van der Waals surface area contributed by atoms with Crippen LogP contribution in [0.3, 0.4) is 0 Å². The Hall–Kier alpha value is -4.38. The molecule has 0 bridgehead atoms. The number of hydrogen-bond donors (Lipinski definition) is 2. The van der Waals surface area contributed by atoms with Crippen LogP contribution >= 0.6 is 0 Å². The minimum absolute atomic E-state index is 0.203. The molecule has 0 aliphatic heterocycles. The number of carboxylic acid groups (broad SMARTS) is 1. The molecular formula is C27H20N2O3. The van der Waals surface area contributed by atoms with E-state index in [4.69, 9.17) is 4.98 Å². The maximum atomic E-state index is 11.7. The van der Waals surface area contributed by atoms with Gasteiger partial charge in [0.05, 0.1) is 16.6 Å². The smallest absolute Gasteiger partial charge is 0.336 e. The van der Waals surface area contributed by atoms with E-state index in [1.54, 1.807) is 24.3 Å². The van der Waals surface area contributed by atoms with Crippen LogP contribution in [0.25, 0.3) is 39.2 Å². The number of aryl methyl sites for hydroxylation is 1. The van der Waals surface area contributed by atoms with Crippen LogP contribution < -0.4 is 0 Å². The number of phenolic OH excluding ortho intramolecular Hbond substituents is 1. The van der Waals surface area contributed by atoms with E-state index in [-0.39, 0.29) is 11.3 Å². The summed E-state index contributed by atoms with van der Waals surface area (Å²) in [4.78, 5) is 16.5. The Labute approximate surface area is 184 Å². The van der Waals surface area contributed by atoms with Crippen LogP contribution in [0.2, 0.25) is 0 Å². The predicted octanol–water partition coefficient (Wildman–Crippen LogP) is 6.07. The first-order chi connectivity index (χ1) is 15.5. The molecule has 5 nitrogen and oxygen atoms in total. The Bertz CT molecular complexity index is 1470. The average Bonchev–Trinajstić information content (AvgIpc) is 3.19. The SMILES string of the molecule is Cc1cc(-n2c(-c3ccc(O)cc3)nc3ccccc32)ccc1-c1ccccc1C(=O)O. The van der Waals surface area contributed by atoms with Gasteiger partial charge in [-0.2, -0.15) is 0 Å². The van der Waals surface area contributed by atoms with Gasteiger partial charge in [0.25, 0.3) is 0 Å². The van der Waals surface area contributed by atoms with Crippen molar-refractivity contribution in [2.24, 2.45) is 0 Å². The third-order valence-electron chi connectivity index (χ3n) is 5.60. The Morgan fingerprint density at radius 1 is 0.844 bits per heavy atom. The summed E-state index contributed by atoms with van der Waals surface area (Å²) in [6.07, 6.45) is 0. The van der Waals surface area contributed by atoms with Crippen LogP contribution in [0.5, 0.6) is 5.75 Å². The number of nitrogens with zero attached hydrogens (tertiary/aromatic N) is 2. The van der Waals surface area contributed by atoms with E-state index in [0.29, 0.717) is 5.56 Å². The molecule has 5 aromatic rings. The lowest BCUT2D eigenvalue weighted by molar-refractivity contribution is 0.0697. The first-order valence-electron chi connectivity index (χ1n) is 10.2. The number of carbonyl (C=O) groups is 1. The van der Waals surface area contributed by atoms with E-state index in [9.17, 15) is 15.0 Å². The van der Waals surface area contributed by atoms with Crippen molar-refractivity contribution in [1.82, 2.24) is 9.55 Å². The maximum Gasteiger partial charge on any atom is 0.336 e. The molecule has 0 amide bonds. The number of fused-ring (bicyclic) bond motifs is 1. The van der Waals surface area contributed by atoms with Gasteiger partial charge in [-0.3, -0.25) is 4.57 Å². The van der Waals surface area contributed by atoms with Crippen molar-refractivity contribution in [3.8, 4) is 34.0 Å². The quantitative estimate of drug-likeness (QED) is 0.370. The Morgan fingerprint density at radius 3 is 2.31 bits per heavy atom. The summed E-state index contributed by atoms with van der Waals surface area (Å²) in [5.74, 6) is 0.0253. The summed E-state index contributed by atoms with van der Waals surface area (Å²) >= 11 is 0. The molecule has 0 fully saturated rings. The number of hydrogen-bond acceptors (Lipinski definition) is 3. The van der Waals surface area contributed by atoms with Crippen molar-refractivity contribution in [2.75, 3.05) is 0 Å². The van der Waals surface area contributed by atoms with Crippen molar-refractivity contribution >= 4 is 17.0 Å². The molecule has 156 valence electrons. The monoisotopic (exact) mass is 420 g/mol. The Morgan fingerprint density at radius 2 is 1.56 bits per heavy atom. The molecule has 5 heteroatoms. The highest BCUT2D eigenvalue weighted by Gasteiger charge is 2.17. The minimum Gasteiger partial charge on any atom is -0.508 e. The maximum absolute atomic E-state index is 11.7. The number of carboxylic acids is 1. The van der Waals surface area contributed by atoms with Gasteiger partial charge in [-0.1, -0.05) is 36.4 Å². The largest absolute Gasteiger partial charge is 0.508 e. The molecule has 0 aliphatic rings. The first kappa shape index (κ1) is 19.6. The summed E-state index contributed by atoms with van der Waals surface area (Å²) in [5, 5.41) is 19.3. The molecule has 0 unspecified atom stereocenters. The second kappa shape index (κ2) is 7.71. The van der Waals surface area contributed by atoms with Crippen LogP contribution in [0, 0.1) is 6.92 Å². The molecule has 32 heavy (non-hydrogen) atoms. The summed E-state index contributed by atoms with van der Waals surface area (Å²) in [5.41, 5.74) is 6.46. The average molecular weight is 420 g/mol. The van der Waals surface area contributed by atoms with E-state index in [0.717, 1.165) is 39.2 Å². The van der Waals surface area contributed by atoms with Crippen molar-refractivity contribution in [2.45, 2.75) is 6.92 Å². The van der Waals surface area contributed by atoms with Crippen molar-refractivity contribution in [3.05, 3.63) is 102 Å². The second-order valence-electron chi connectivity index (χ2n) is 7.66. The molecule has 0 aliphatic carbocycles. The number of aromatic carboxylic acids is 1. The lowest BCUT2D eigenvalue weighted by atomic mass is 9.95. The normalized spacial score (nSPS) is 11.0. The molecule has 0 radical (unpaired) electrons. The summed E-state index contributed by atoms with van der Waals surface area (Å²) in [6.45, 7) is 1.98. The van der Waals surface area contributed by atoms with E-state index >= 15 is 0 Å². The number of imidazole rings is 1. The molecule has 0 saturated carbocycles. The third-order valence-corrected chi connectivity index (χ3v) is 5.60. The number of benzene rings is 4. The van der Waals surface area contributed by atoms with Gasteiger partial charge in [-0.15, -0.1) is 0 Å². The highest BCUT2D eigenvalue weighted by atomic mass is 16.4. The van der Waals surface area contributed by atoms with Crippen LogP contribution in [-0.4, -0.2) is 25.7 Å². The molecule has 2 N–H and O–H groups in total. The predicted molar refractivity (Wildman–Crippen MR) is 125 cm³/mol. The lowest BCUT2D eigenvalue weighted by Crippen LogP contribution is -2.01. The van der Waals surface area contributed by atoms with Crippen LogP contribution in [-0.2, 0) is 0 Å². The number of phenols is 1. The van der Waals surface area contributed by atoms with Gasteiger partial charge in [0.1, 0.15) is 11.6 Å². The van der Waals surface area contributed by atoms with Crippen LogP contribution in [0.15, 0.2) is 91.0 Å². The van der Waals surface area contributed by atoms with Gasteiger partial charge in [-0.25, -0.2) is 9.78 Å². The van der Waals surface area contributed by atoms with Crippen molar-refractivity contribution < 1.29 is 15.0 Å². The number of para-hydroxylation sites is 2. The molecule has 1 aromatic heterocycles. The van der Waals surface area contributed by atoms with Crippen LogP contribution in [0.1, 0.15) is 15.9 Å². The topological polar surface area (TPSA) is 75.3 Å². The van der Waals surface area contributed by atoms with Crippen LogP contribution in [0.4, 0.5) is 0 Å². The second-order valence-corrected chi connectivity index (χ2v) is 7.66. The summed E-state index contributed by atoms with van der Waals surface area (Å²) in [6, 6.07) is 27.9. The Kier molecular flexibility index (Phi) is 4.71. The molecule has 4 aromatic carbocycles. The Balaban J connectivity index is 1.70. The van der Waals surface area contributed by atoms with E-state index in [2.05, 4.69) is 4.57 Å². The number of aromatic nitrogens is 2. The van der Waals surface area contributed by atoms with E-state index in [1.807, 2.05) is 73.7 Å². The fourth-order valence-electron chi connectivity index (χ4n) is 4.09. The van der Waals surface area contributed by atoms with Gasteiger partial charge in [0.2, 0.25) is 0 Å². The van der Waals surface area contributed by atoms with Gasteiger partial charge in [-0.05, 0) is 78.2 Å². The molecule has 0 atom stereocenters. The van der Waals surface area contributed by atoms with Gasteiger partial charge in [0.15, 0.2) is 0 Å². The number of rotatable bonds is 4. The fourth-order valence-corrected chi connectivity index (χ4v) is 4.09. The molecule has 5 rings (SSSR count). The van der Waals surface area contributed by atoms with Crippen molar-refractivity contribution in [3.63, 3.8) is 0 Å². The number of aromatic hydroxyl groups is 1. The fraction of sp³-hybridized carbons (Fsp3) is 0.0370. The zero-order valence-electron chi connectivity index (χ0n) is 17.4. The van der Waals surface area contributed by atoms with E-state index < -0.39 is 5.97 Å². The zero-order valence-corrected chi connectivity index (χ0v) is 17.4. The third kappa shape index (κ3) is 3.30. The molecule has 0 spiro atoms. The first-order valence-corrected chi connectivity index (χ1v) is 10.2. The minimum atomic E-state index is -0.945. The molecule has 0 saturated heterocycles. The summed E-state index contributed by atoms with van der Waals surface area (Å²) in [7, 11) is 0. The van der Waals surface area contributed by atoms with Gasteiger partial charge >= 0.3 is 5.97 Å². The molecule has 1 heterocycles. The van der Waals surface area contributed by atoms with E-state index in [1.165, 1.54) is 0 Å². The summed E-state index contributed by atoms with van der Waals surface area (Å²) < 4.78 is 2.08. The zero-order chi connectivity index (χ0) is 22.2. The van der Waals surface area contributed by atoms with Crippen molar-refractivity contribution in [1.29, 1.82) is 0 Å². The highest BCUT2D eigenvalue weighted by Crippen LogP contribution is 2.33.